The number of hydrogen-bond donors (Lipinski definition) is 3. The molecule has 2 aromatic carbocycles. The van der Waals surface area contributed by atoms with Crippen molar-refractivity contribution in [3.8, 4) is 0 Å². The summed E-state index contributed by atoms with van der Waals surface area (Å²) in [7, 11) is -3.09. The Hall–Kier alpha value is -2.94. The maximum atomic E-state index is 13.6. The van der Waals surface area contributed by atoms with E-state index < -0.39 is 33.6 Å². The Kier molecular flexibility index (Phi) is 5.41. The molecule has 0 aliphatic carbocycles. The van der Waals surface area contributed by atoms with Gasteiger partial charge in [-0.15, -0.1) is 0 Å². The Balaban J connectivity index is 1.62. The molecule has 7 nitrogen and oxygen atoms in total. The van der Waals surface area contributed by atoms with Crippen LogP contribution >= 0.6 is 0 Å². The molecule has 1 heterocycles. The van der Waals surface area contributed by atoms with Gasteiger partial charge in [-0.2, -0.15) is 0 Å². The molecule has 27 heavy (non-hydrogen) atoms. The molecule has 142 valence electrons. The van der Waals surface area contributed by atoms with E-state index in [-0.39, 0.29) is 22.8 Å². The van der Waals surface area contributed by atoms with Crippen molar-refractivity contribution >= 4 is 33.2 Å². The second-order valence-electron chi connectivity index (χ2n) is 6.21. The molecular weight excluding hydrogens is 373 g/mol. The molecule has 0 bridgehead atoms. The predicted molar refractivity (Wildman–Crippen MR) is 100 cm³/mol. The fourth-order valence-electron chi connectivity index (χ4n) is 2.76. The third-order valence-electron chi connectivity index (χ3n) is 4.07. The van der Waals surface area contributed by atoms with Gasteiger partial charge in [0.15, 0.2) is 9.84 Å². The monoisotopic (exact) mass is 391 g/mol. The zero-order chi connectivity index (χ0) is 19.4. The quantitative estimate of drug-likeness (QED) is 0.744. The van der Waals surface area contributed by atoms with E-state index in [1.165, 1.54) is 30.3 Å². The summed E-state index contributed by atoms with van der Waals surface area (Å²) >= 11 is 0. The first-order valence-corrected chi connectivity index (χ1v) is 10.1. The minimum Gasteiger partial charge on any atom is -0.334 e. The smallest absolute Gasteiger partial charge is 0.319 e. The number of rotatable bonds is 4. The average Bonchev–Trinajstić information content (AvgIpc) is 2.95. The largest absolute Gasteiger partial charge is 0.334 e. The number of para-hydroxylation sites is 1. The lowest BCUT2D eigenvalue weighted by Crippen LogP contribution is -2.38. The zero-order valence-electron chi connectivity index (χ0n) is 14.2. The third-order valence-corrected chi connectivity index (χ3v) is 5.84. The maximum absolute atomic E-state index is 13.6. The number of anilines is 2. The van der Waals surface area contributed by atoms with Gasteiger partial charge in [-0.25, -0.2) is 17.6 Å². The normalized spacial score (nSPS) is 17.9. The van der Waals surface area contributed by atoms with Gasteiger partial charge < -0.3 is 16.0 Å². The van der Waals surface area contributed by atoms with Crippen molar-refractivity contribution in [1.29, 1.82) is 0 Å². The molecule has 1 fully saturated rings. The summed E-state index contributed by atoms with van der Waals surface area (Å²) in [6, 6.07) is 11.0. The summed E-state index contributed by atoms with van der Waals surface area (Å²) in [6.45, 7) is 0. The van der Waals surface area contributed by atoms with Crippen LogP contribution in [0.2, 0.25) is 0 Å². The van der Waals surface area contributed by atoms with E-state index in [1.54, 1.807) is 18.2 Å². The Labute approximate surface area is 155 Å². The molecule has 1 aliphatic heterocycles. The summed E-state index contributed by atoms with van der Waals surface area (Å²) in [5.74, 6) is -1.09. The van der Waals surface area contributed by atoms with E-state index in [4.69, 9.17) is 0 Å². The second kappa shape index (κ2) is 7.75. The number of urea groups is 1. The van der Waals surface area contributed by atoms with Gasteiger partial charge in [0.2, 0.25) is 0 Å². The standard InChI is InChI=1S/C18H18FN3O4S/c19-15-6-1-2-7-16(15)22-17(23)12-4-3-5-13(10-12)20-18(24)21-14-8-9-27(25,26)11-14/h1-7,10,14H,8-9,11H2,(H,22,23)(H2,20,21,24)/t14-/m1/s1. The van der Waals surface area contributed by atoms with Crippen LogP contribution in [-0.2, 0) is 9.84 Å². The van der Waals surface area contributed by atoms with Gasteiger partial charge in [0.1, 0.15) is 5.82 Å². The van der Waals surface area contributed by atoms with Crippen LogP contribution in [-0.4, -0.2) is 37.9 Å². The number of benzene rings is 2. The summed E-state index contributed by atoms with van der Waals surface area (Å²) < 4.78 is 36.5. The number of halogens is 1. The van der Waals surface area contributed by atoms with Gasteiger partial charge in [-0.3, -0.25) is 4.79 Å². The summed E-state index contributed by atoms with van der Waals surface area (Å²) in [5.41, 5.74) is 0.648. The van der Waals surface area contributed by atoms with Crippen LogP contribution in [0.3, 0.4) is 0 Å². The predicted octanol–water partition coefficient (Wildman–Crippen LogP) is 2.39. The average molecular weight is 391 g/mol. The van der Waals surface area contributed by atoms with Crippen LogP contribution in [0.15, 0.2) is 48.5 Å². The highest BCUT2D eigenvalue weighted by atomic mass is 32.2. The summed E-state index contributed by atoms with van der Waals surface area (Å²) in [4.78, 5) is 24.3. The Morgan fingerprint density at radius 2 is 1.81 bits per heavy atom. The Morgan fingerprint density at radius 3 is 2.52 bits per heavy atom. The van der Waals surface area contributed by atoms with Crippen molar-refractivity contribution in [2.75, 3.05) is 22.1 Å². The summed E-state index contributed by atoms with van der Waals surface area (Å²) in [6.07, 6.45) is 0.376. The van der Waals surface area contributed by atoms with Gasteiger partial charge in [0.05, 0.1) is 17.2 Å². The molecule has 3 N–H and O–H groups in total. The van der Waals surface area contributed by atoms with Gasteiger partial charge in [0, 0.05) is 17.3 Å². The van der Waals surface area contributed by atoms with Crippen molar-refractivity contribution in [3.63, 3.8) is 0 Å². The van der Waals surface area contributed by atoms with Crippen molar-refractivity contribution in [1.82, 2.24) is 5.32 Å². The minimum atomic E-state index is -3.09. The molecule has 0 aromatic heterocycles. The molecule has 0 unspecified atom stereocenters. The number of nitrogens with one attached hydrogen (secondary N) is 3. The van der Waals surface area contributed by atoms with Crippen LogP contribution in [0.1, 0.15) is 16.8 Å². The molecule has 9 heteroatoms. The van der Waals surface area contributed by atoms with E-state index >= 15 is 0 Å². The van der Waals surface area contributed by atoms with Crippen LogP contribution in [0.5, 0.6) is 0 Å². The van der Waals surface area contributed by atoms with Crippen LogP contribution in [0.4, 0.5) is 20.6 Å². The molecule has 1 atom stereocenters. The lowest BCUT2D eigenvalue weighted by molar-refractivity contribution is 0.102. The molecular formula is C18H18FN3O4S. The lowest BCUT2D eigenvalue weighted by Gasteiger charge is -2.13. The molecule has 1 aliphatic rings. The van der Waals surface area contributed by atoms with Crippen molar-refractivity contribution in [2.45, 2.75) is 12.5 Å². The number of carbonyl (C=O) groups is 2. The molecule has 1 saturated heterocycles. The topological polar surface area (TPSA) is 104 Å². The van der Waals surface area contributed by atoms with E-state index in [0.29, 0.717) is 12.1 Å². The van der Waals surface area contributed by atoms with Gasteiger partial charge in [-0.1, -0.05) is 18.2 Å². The first-order valence-electron chi connectivity index (χ1n) is 8.26. The van der Waals surface area contributed by atoms with E-state index in [9.17, 15) is 22.4 Å². The highest BCUT2D eigenvalue weighted by Gasteiger charge is 2.28. The fraction of sp³-hybridized carbons (Fsp3) is 0.222. The Bertz CT molecular complexity index is 978. The number of amides is 3. The van der Waals surface area contributed by atoms with Gasteiger partial charge in [-0.05, 0) is 36.8 Å². The number of sulfone groups is 1. The number of hydrogen-bond acceptors (Lipinski definition) is 4. The van der Waals surface area contributed by atoms with E-state index in [0.717, 1.165) is 0 Å². The Morgan fingerprint density at radius 1 is 1.04 bits per heavy atom. The fourth-order valence-corrected chi connectivity index (χ4v) is 4.43. The highest BCUT2D eigenvalue weighted by molar-refractivity contribution is 7.91. The molecule has 0 radical (unpaired) electrons. The number of carbonyl (C=O) groups excluding carboxylic acids is 2. The third kappa shape index (κ3) is 5.04. The van der Waals surface area contributed by atoms with Crippen molar-refractivity contribution in [2.24, 2.45) is 0 Å². The maximum Gasteiger partial charge on any atom is 0.319 e. The van der Waals surface area contributed by atoms with Crippen molar-refractivity contribution in [3.05, 3.63) is 59.9 Å². The lowest BCUT2D eigenvalue weighted by atomic mass is 10.2. The second-order valence-corrected chi connectivity index (χ2v) is 8.44. The molecule has 0 spiro atoms. The molecule has 0 saturated carbocycles. The minimum absolute atomic E-state index is 0.0565. The van der Waals surface area contributed by atoms with Crippen molar-refractivity contribution < 1.29 is 22.4 Å². The molecule has 3 rings (SSSR count). The van der Waals surface area contributed by atoms with Crippen LogP contribution in [0.25, 0.3) is 0 Å². The van der Waals surface area contributed by atoms with Crippen LogP contribution in [0, 0.1) is 5.82 Å². The first kappa shape index (κ1) is 18.8. The highest BCUT2D eigenvalue weighted by Crippen LogP contribution is 2.17. The molecule has 2 aromatic rings. The summed E-state index contributed by atoms with van der Waals surface area (Å²) in [5, 5.41) is 7.63. The van der Waals surface area contributed by atoms with Crippen LogP contribution < -0.4 is 16.0 Å². The van der Waals surface area contributed by atoms with Gasteiger partial charge >= 0.3 is 6.03 Å². The first-order chi connectivity index (χ1) is 12.8. The SMILES string of the molecule is O=C(Nc1cccc(C(=O)Nc2ccccc2F)c1)N[C@@H]1CCS(=O)(=O)C1. The van der Waals surface area contributed by atoms with E-state index in [2.05, 4.69) is 16.0 Å². The molecule has 3 amide bonds. The van der Waals surface area contributed by atoms with E-state index in [1.807, 2.05) is 0 Å². The van der Waals surface area contributed by atoms with Gasteiger partial charge in [0.25, 0.3) is 5.91 Å². The zero-order valence-corrected chi connectivity index (χ0v) is 15.1.